The molecule has 192 valence electrons. The maximum absolute atomic E-state index is 10.7. The van der Waals surface area contributed by atoms with E-state index in [-0.39, 0.29) is 11.9 Å². The summed E-state index contributed by atoms with van der Waals surface area (Å²) in [5, 5.41) is 9.74. The molecule has 0 fully saturated rings. The van der Waals surface area contributed by atoms with Crippen LogP contribution in [-0.4, -0.2) is 53.3 Å². The maximum atomic E-state index is 10.7. The fourth-order valence-electron chi connectivity index (χ4n) is 2.70. The van der Waals surface area contributed by atoms with Crippen LogP contribution in [0.5, 0.6) is 5.75 Å². The van der Waals surface area contributed by atoms with E-state index in [1.165, 1.54) is 0 Å². The summed E-state index contributed by atoms with van der Waals surface area (Å²) < 4.78 is 72.1. The van der Waals surface area contributed by atoms with Gasteiger partial charge in [0.25, 0.3) is 0 Å². The number of halogens is 3. The van der Waals surface area contributed by atoms with Gasteiger partial charge < -0.3 is 18.8 Å². The van der Waals surface area contributed by atoms with E-state index in [1.54, 1.807) is 13.3 Å². The van der Waals surface area contributed by atoms with Gasteiger partial charge in [-0.15, -0.1) is 11.8 Å². The van der Waals surface area contributed by atoms with Crippen LogP contribution in [0, 0.1) is 0 Å². The van der Waals surface area contributed by atoms with Gasteiger partial charge in [-0.3, -0.25) is 0 Å². The van der Waals surface area contributed by atoms with Crippen LogP contribution in [0.1, 0.15) is 13.3 Å². The number of pyridine rings is 1. The first-order chi connectivity index (χ1) is 16.5. The van der Waals surface area contributed by atoms with Crippen molar-refractivity contribution in [1.82, 2.24) is 4.98 Å². The number of nitrogens with zero attached hydrogens (tertiary/aromatic N) is 2. The zero-order valence-electron chi connectivity index (χ0n) is 18.9. The topological polar surface area (TPSA) is 117 Å². The fourth-order valence-corrected chi connectivity index (χ4v) is 3.65. The summed E-state index contributed by atoms with van der Waals surface area (Å²) in [7, 11) is -4.44. The SMILES string of the molecule is CCCSC(CO)C[n+]1ccc(-c2ncc(-c3ccc(OC)cc3)o2)cc1.O=S(=O)([O-])C(F)(F)F. The summed E-state index contributed by atoms with van der Waals surface area (Å²) in [6.45, 7) is 3.12. The number of rotatable bonds is 9. The molecule has 2 heterocycles. The lowest BCUT2D eigenvalue weighted by Gasteiger charge is -2.09. The van der Waals surface area contributed by atoms with Crippen LogP contribution in [0.25, 0.3) is 22.8 Å². The average molecular weight is 535 g/mol. The number of ether oxygens (including phenoxy) is 1. The molecule has 3 rings (SSSR count). The van der Waals surface area contributed by atoms with Crippen molar-refractivity contribution in [1.29, 1.82) is 0 Å². The third-order valence-electron chi connectivity index (χ3n) is 4.48. The molecule has 1 N–H and O–H groups in total. The molecule has 0 bridgehead atoms. The smallest absolute Gasteiger partial charge is 0.485 e. The number of hydrogen-bond donors (Lipinski definition) is 1. The Balaban J connectivity index is 0.000000466. The van der Waals surface area contributed by atoms with E-state index in [0.29, 0.717) is 5.89 Å². The molecular formula is C22H25F3N2O6S2. The highest BCUT2D eigenvalue weighted by atomic mass is 32.2. The second-order valence-electron chi connectivity index (χ2n) is 7.12. The predicted molar refractivity (Wildman–Crippen MR) is 123 cm³/mol. The first-order valence-electron chi connectivity index (χ1n) is 10.3. The van der Waals surface area contributed by atoms with Gasteiger partial charge >= 0.3 is 5.51 Å². The molecule has 13 heteroatoms. The first kappa shape index (κ1) is 28.6. The van der Waals surface area contributed by atoms with Crippen LogP contribution in [-0.2, 0) is 16.7 Å². The second kappa shape index (κ2) is 12.9. The molecule has 0 aliphatic carbocycles. The minimum atomic E-state index is -6.09. The van der Waals surface area contributed by atoms with E-state index in [1.807, 2.05) is 60.6 Å². The number of thioether (sulfide) groups is 1. The second-order valence-corrected chi connectivity index (χ2v) is 9.90. The van der Waals surface area contributed by atoms with Crippen molar-refractivity contribution < 1.29 is 45.0 Å². The number of oxazole rings is 1. The van der Waals surface area contributed by atoms with Gasteiger partial charge in [-0.2, -0.15) is 13.2 Å². The van der Waals surface area contributed by atoms with Gasteiger partial charge in [0.15, 0.2) is 34.8 Å². The Hall–Kier alpha value is -2.61. The zero-order valence-corrected chi connectivity index (χ0v) is 20.6. The molecule has 1 aromatic carbocycles. The number of hydrogen-bond acceptors (Lipinski definition) is 8. The van der Waals surface area contributed by atoms with E-state index >= 15 is 0 Å². The van der Waals surface area contributed by atoms with E-state index in [9.17, 15) is 18.3 Å². The molecule has 0 saturated carbocycles. The third kappa shape index (κ3) is 8.84. The molecular weight excluding hydrogens is 509 g/mol. The summed E-state index contributed by atoms with van der Waals surface area (Å²) >= 11 is 1.81. The third-order valence-corrected chi connectivity index (χ3v) is 6.46. The Labute approximate surface area is 205 Å². The average Bonchev–Trinajstić information content (AvgIpc) is 3.31. The normalized spacial score (nSPS) is 12.5. The standard InChI is InChI=1S/C21H25N2O3S.CHF3O3S/c1-3-12-27-19(15-24)14-23-10-8-17(9-11-23)21-22-13-20(26-21)16-4-6-18(25-2)7-5-16;2-1(3,4)8(5,6)7/h4-11,13,19,24H,3,12,14-15H2,1-2H3;(H,5,6,7)/q+1;/p-1. The fraction of sp³-hybridized carbons (Fsp3) is 0.364. The number of aliphatic hydroxyl groups is 1. The van der Waals surface area contributed by atoms with Gasteiger partial charge in [0, 0.05) is 23.3 Å². The van der Waals surface area contributed by atoms with E-state index in [0.717, 1.165) is 41.4 Å². The highest BCUT2D eigenvalue weighted by Gasteiger charge is 2.36. The molecule has 0 spiro atoms. The molecule has 0 amide bonds. The Morgan fingerprint density at radius 1 is 1.17 bits per heavy atom. The van der Waals surface area contributed by atoms with Crippen LogP contribution in [0.2, 0.25) is 0 Å². The lowest BCUT2D eigenvalue weighted by Crippen LogP contribution is -2.39. The number of methoxy groups -OCH3 is 1. The van der Waals surface area contributed by atoms with Crippen molar-refractivity contribution >= 4 is 21.9 Å². The van der Waals surface area contributed by atoms with Crippen molar-refractivity contribution in [3.63, 3.8) is 0 Å². The van der Waals surface area contributed by atoms with Crippen molar-refractivity contribution in [2.75, 3.05) is 19.5 Å². The molecule has 0 aliphatic heterocycles. The molecule has 8 nitrogen and oxygen atoms in total. The summed E-state index contributed by atoms with van der Waals surface area (Å²) in [4.78, 5) is 4.40. The lowest BCUT2D eigenvalue weighted by atomic mass is 10.2. The van der Waals surface area contributed by atoms with Gasteiger partial charge in [0.1, 0.15) is 5.75 Å². The van der Waals surface area contributed by atoms with Crippen LogP contribution in [0.3, 0.4) is 0 Å². The number of alkyl halides is 3. The van der Waals surface area contributed by atoms with Crippen molar-refractivity contribution in [2.24, 2.45) is 0 Å². The lowest BCUT2D eigenvalue weighted by molar-refractivity contribution is -0.696. The van der Waals surface area contributed by atoms with Crippen LogP contribution in [0.15, 0.2) is 59.4 Å². The van der Waals surface area contributed by atoms with Crippen LogP contribution >= 0.6 is 11.8 Å². The van der Waals surface area contributed by atoms with E-state index < -0.39 is 15.6 Å². The highest BCUT2D eigenvalue weighted by molar-refractivity contribution is 7.99. The quantitative estimate of drug-likeness (QED) is 0.250. The van der Waals surface area contributed by atoms with Crippen molar-refractivity contribution in [3.8, 4) is 28.5 Å². The number of aromatic nitrogens is 2. The minimum Gasteiger partial charge on any atom is -0.741 e. The maximum Gasteiger partial charge on any atom is 0.485 e. The Morgan fingerprint density at radius 3 is 2.26 bits per heavy atom. The summed E-state index contributed by atoms with van der Waals surface area (Å²) in [6, 6.07) is 11.7. The minimum absolute atomic E-state index is 0.185. The monoisotopic (exact) mass is 534 g/mol. The van der Waals surface area contributed by atoms with E-state index in [4.69, 9.17) is 22.1 Å². The Kier molecular flexibility index (Phi) is 10.6. The molecule has 2 aromatic heterocycles. The molecule has 1 atom stereocenters. The summed E-state index contributed by atoms with van der Waals surface area (Å²) in [5.41, 5.74) is -3.76. The van der Waals surface area contributed by atoms with Crippen LogP contribution in [0.4, 0.5) is 13.2 Å². The number of benzene rings is 1. The summed E-state index contributed by atoms with van der Waals surface area (Å²) in [5.74, 6) is 3.19. The molecule has 0 saturated heterocycles. The van der Waals surface area contributed by atoms with Crippen LogP contribution < -0.4 is 9.30 Å². The highest BCUT2D eigenvalue weighted by Crippen LogP contribution is 2.27. The largest absolute Gasteiger partial charge is 0.741 e. The Bertz CT molecular complexity index is 1150. The van der Waals surface area contributed by atoms with Gasteiger partial charge in [0.05, 0.1) is 25.2 Å². The Morgan fingerprint density at radius 2 is 1.77 bits per heavy atom. The number of aliphatic hydroxyl groups excluding tert-OH is 1. The molecule has 1 unspecified atom stereocenters. The van der Waals surface area contributed by atoms with Gasteiger partial charge in [-0.25, -0.2) is 18.0 Å². The van der Waals surface area contributed by atoms with Gasteiger partial charge in [-0.05, 0) is 36.4 Å². The van der Waals surface area contributed by atoms with Crippen molar-refractivity contribution in [2.45, 2.75) is 30.6 Å². The zero-order chi connectivity index (χ0) is 26.1. The first-order valence-corrected chi connectivity index (χ1v) is 12.8. The van der Waals surface area contributed by atoms with Gasteiger partial charge in [0.2, 0.25) is 5.89 Å². The van der Waals surface area contributed by atoms with Gasteiger partial charge in [-0.1, -0.05) is 6.92 Å². The summed E-state index contributed by atoms with van der Waals surface area (Å²) in [6.07, 6.45) is 6.86. The predicted octanol–water partition coefficient (Wildman–Crippen LogP) is 3.86. The van der Waals surface area contributed by atoms with E-state index in [2.05, 4.69) is 16.5 Å². The molecule has 3 aromatic rings. The molecule has 0 aliphatic rings. The van der Waals surface area contributed by atoms with Crippen molar-refractivity contribution in [3.05, 3.63) is 55.0 Å². The molecule has 0 radical (unpaired) electrons. The molecule has 35 heavy (non-hydrogen) atoms.